The first kappa shape index (κ1) is 26.3. The first-order chi connectivity index (χ1) is 19.2. The van der Waals surface area contributed by atoms with Crippen molar-refractivity contribution in [2.24, 2.45) is 13.0 Å². The van der Waals surface area contributed by atoms with Crippen molar-refractivity contribution in [1.29, 1.82) is 0 Å². The van der Waals surface area contributed by atoms with Crippen LogP contribution in [0.25, 0.3) is 33.2 Å². The molecule has 0 bridgehead atoms. The fourth-order valence-electron chi connectivity index (χ4n) is 6.01. The van der Waals surface area contributed by atoms with Gasteiger partial charge in [0.25, 0.3) is 0 Å². The molecule has 1 aromatic carbocycles. The van der Waals surface area contributed by atoms with Crippen LogP contribution in [0, 0.1) is 18.7 Å². The highest BCUT2D eigenvalue weighted by atomic mass is 19.1. The van der Waals surface area contributed by atoms with E-state index in [9.17, 15) is 5.11 Å². The fraction of sp³-hybridized carbons (Fsp3) is 0.400. The Bertz CT molecular complexity index is 1700. The van der Waals surface area contributed by atoms with E-state index in [2.05, 4.69) is 20.9 Å². The Balaban J connectivity index is 1.72. The second-order valence-corrected chi connectivity index (χ2v) is 11.0. The molecule has 1 aliphatic heterocycles. The summed E-state index contributed by atoms with van der Waals surface area (Å²) in [7, 11) is 3.49. The maximum absolute atomic E-state index is 15.5. The van der Waals surface area contributed by atoms with Gasteiger partial charge in [0.15, 0.2) is 0 Å². The van der Waals surface area contributed by atoms with Gasteiger partial charge in [-0.05, 0) is 63.8 Å². The lowest BCUT2D eigenvalue weighted by atomic mass is 9.88. The van der Waals surface area contributed by atoms with Crippen molar-refractivity contribution >= 4 is 21.9 Å². The zero-order chi connectivity index (χ0) is 28.2. The number of aryl methyl sites for hydroxylation is 2. The van der Waals surface area contributed by atoms with E-state index in [0.29, 0.717) is 29.9 Å². The van der Waals surface area contributed by atoms with Crippen LogP contribution in [0.5, 0.6) is 5.75 Å². The van der Waals surface area contributed by atoms with Crippen molar-refractivity contribution < 1.29 is 19.0 Å². The summed E-state index contributed by atoms with van der Waals surface area (Å²) in [5, 5.41) is 20.0. The number of pyridine rings is 2. The predicted octanol–water partition coefficient (Wildman–Crippen LogP) is 5.08. The molecule has 40 heavy (non-hydrogen) atoms. The molecule has 1 aliphatic rings. The molecule has 9 nitrogen and oxygen atoms in total. The summed E-state index contributed by atoms with van der Waals surface area (Å²) in [5.41, 5.74) is 4.47. The Morgan fingerprint density at radius 1 is 1.12 bits per heavy atom. The zero-order valence-electron chi connectivity index (χ0n) is 23.3. The van der Waals surface area contributed by atoms with Gasteiger partial charge in [0.1, 0.15) is 11.6 Å². The summed E-state index contributed by atoms with van der Waals surface area (Å²) in [4.78, 5) is 9.68. The van der Waals surface area contributed by atoms with E-state index in [-0.39, 0.29) is 17.5 Å². The highest BCUT2D eigenvalue weighted by Crippen LogP contribution is 2.42. The largest absolute Gasteiger partial charge is 0.497 e. The van der Waals surface area contributed by atoms with Crippen LogP contribution >= 0.6 is 0 Å². The standard InChI is InChI=1S/C30H33FN6O3/c1-17-28(36(4)35-34-17)19-12-26-27(33-16-19)21-14-23(31)22(30(2,3)38)15-25(21)37(26)29(18-7-10-40-11-8-18)24-13-20(39-5)6-9-32-24/h6,9,12-16,18,29,38H,7-8,10-11H2,1-5H3. The molecule has 4 aromatic heterocycles. The van der Waals surface area contributed by atoms with Crippen molar-refractivity contribution in [3.8, 4) is 17.0 Å². The third kappa shape index (κ3) is 4.41. The quantitative estimate of drug-likeness (QED) is 0.318. The molecule has 0 saturated carbocycles. The lowest BCUT2D eigenvalue weighted by Gasteiger charge is -2.32. The van der Waals surface area contributed by atoms with E-state index in [1.165, 1.54) is 6.07 Å². The topological polar surface area (TPSA) is 100 Å². The molecule has 10 heteroatoms. The van der Waals surface area contributed by atoms with Crippen molar-refractivity contribution in [3.63, 3.8) is 0 Å². The van der Waals surface area contributed by atoms with Crippen LogP contribution in [0.4, 0.5) is 4.39 Å². The van der Waals surface area contributed by atoms with E-state index in [4.69, 9.17) is 19.4 Å². The first-order valence-electron chi connectivity index (χ1n) is 13.5. The van der Waals surface area contributed by atoms with Crippen LogP contribution in [0.1, 0.15) is 49.7 Å². The number of ether oxygens (including phenoxy) is 2. The Labute approximate surface area is 231 Å². The second kappa shape index (κ2) is 9.94. The minimum absolute atomic E-state index is 0.187. The summed E-state index contributed by atoms with van der Waals surface area (Å²) in [5.74, 6) is 0.423. The summed E-state index contributed by atoms with van der Waals surface area (Å²) in [6, 6.07) is 8.89. The fourth-order valence-corrected chi connectivity index (χ4v) is 6.01. The van der Waals surface area contributed by atoms with Crippen LogP contribution in [0.2, 0.25) is 0 Å². The van der Waals surface area contributed by atoms with Gasteiger partial charge < -0.3 is 19.1 Å². The van der Waals surface area contributed by atoms with Crippen LogP contribution in [0.15, 0.2) is 42.7 Å². The normalized spacial score (nSPS) is 15.7. The predicted molar refractivity (Wildman–Crippen MR) is 150 cm³/mol. The maximum Gasteiger partial charge on any atom is 0.130 e. The lowest BCUT2D eigenvalue weighted by Crippen LogP contribution is -2.27. The third-order valence-electron chi connectivity index (χ3n) is 7.94. The van der Waals surface area contributed by atoms with E-state index >= 15 is 4.39 Å². The van der Waals surface area contributed by atoms with E-state index in [1.807, 2.05) is 26.1 Å². The van der Waals surface area contributed by atoms with Crippen LogP contribution in [-0.4, -0.2) is 55.0 Å². The van der Waals surface area contributed by atoms with E-state index in [0.717, 1.165) is 46.5 Å². The number of hydrogen-bond donors (Lipinski definition) is 1. The van der Waals surface area contributed by atoms with Gasteiger partial charge in [-0.15, -0.1) is 5.10 Å². The molecule has 0 amide bonds. The van der Waals surface area contributed by atoms with Crippen LogP contribution in [0.3, 0.4) is 0 Å². The van der Waals surface area contributed by atoms with Crippen LogP contribution < -0.4 is 4.74 Å². The minimum atomic E-state index is -1.38. The highest BCUT2D eigenvalue weighted by molar-refractivity contribution is 6.07. The number of halogens is 1. The van der Waals surface area contributed by atoms with Gasteiger partial charge in [0.2, 0.25) is 0 Å². The number of methoxy groups -OCH3 is 1. The van der Waals surface area contributed by atoms with Crippen molar-refractivity contribution in [2.75, 3.05) is 20.3 Å². The van der Waals surface area contributed by atoms with Gasteiger partial charge in [-0.25, -0.2) is 9.07 Å². The maximum atomic E-state index is 15.5. The number of nitrogens with zero attached hydrogens (tertiary/aromatic N) is 6. The number of aromatic nitrogens is 6. The molecule has 208 valence electrons. The molecular formula is C30H33FN6O3. The van der Waals surface area contributed by atoms with Crippen molar-refractivity contribution in [1.82, 2.24) is 29.5 Å². The summed E-state index contributed by atoms with van der Waals surface area (Å²) in [6.45, 7) is 6.40. The first-order valence-corrected chi connectivity index (χ1v) is 13.5. The molecule has 1 fully saturated rings. The number of rotatable bonds is 6. The van der Waals surface area contributed by atoms with E-state index < -0.39 is 11.4 Å². The summed E-state index contributed by atoms with van der Waals surface area (Å²) < 4.78 is 30.7. The van der Waals surface area contributed by atoms with Gasteiger partial charge in [0, 0.05) is 55.2 Å². The van der Waals surface area contributed by atoms with Crippen LogP contribution in [-0.2, 0) is 17.4 Å². The summed E-state index contributed by atoms with van der Waals surface area (Å²) in [6.07, 6.45) is 5.21. The highest BCUT2D eigenvalue weighted by Gasteiger charge is 2.33. The van der Waals surface area contributed by atoms with Gasteiger partial charge >= 0.3 is 0 Å². The van der Waals surface area contributed by atoms with Gasteiger partial charge in [0.05, 0.1) is 52.4 Å². The van der Waals surface area contributed by atoms with Gasteiger partial charge in [-0.2, -0.15) is 0 Å². The lowest BCUT2D eigenvalue weighted by molar-refractivity contribution is 0.0547. The van der Waals surface area contributed by atoms with Gasteiger partial charge in [-0.1, -0.05) is 5.21 Å². The Morgan fingerprint density at radius 2 is 1.90 bits per heavy atom. The number of aliphatic hydroxyl groups is 1. The van der Waals surface area contributed by atoms with Crippen molar-refractivity contribution in [2.45, 2.75) is 45.3 Å². The molecule has 1 unspecified atom stereocenters. The Kier molecular flexibility index (Phi) is 6.54. The Hall–Kier alpha value is -3.89. The monoisotopic (exact) mass is 544 g/mol. The minimum Gasteiger partial charge on any atom is -0.497 e. The molecule has 6 rings (SSSR count). The second-order valence-electron chi connectivity index (χ2n) is 11.0. The number of benzene rings is 1. The smallest absolute Gasteiger partial charge is 0.130 e. The molecule has 5 aromatic rings. The number of hydrogen-bond acceptors (Lipinski definition) is 7. The SMILES string of the molecule is COc1ccnc(C(C2CCOCC2)n2c3cc(C(C)(C)O)c(F)cc3c3ncc(-c4c(C)nnn4C)cc32)c1. The van der Waals surface area contributed by atoms with Gasteiger partial charge in [-0.3, -0.25) is 9.97 Å². The molecule has 5 heterocycles. The molecule has 1 N–H and O–H groups in total. The molecule has 1 saturated heterocycles. The number of fused-ring (bicyclic) bond motifs is 3. The average Bonchev–Trinajstić information content (AvgIpc) is 3.43. The Morgan fingerprint density at radius 3 is 2.58 bits per heavy atom. The molecule has 0 spiro atoms. The third-order valence-corrected chi connectivity index (χ3v) is 7.94. The van der Waals surface area contributed by atoms with E-state index in [1.54, 1.807) is 44.1 Å². The average molecular weight is 545 g/mol. The summed E-state index contributed by atoms with van der Waals surface area (Å²) >= 11 is 0. The molecule has 0 radical (unpaired) electrons. The molecule has 0 aliphatic carbocycles. The zero-order valence-corrected chi connectivity index (χ0v) is 23.3. The molecule has 1 atom stereocenters. The van der Waals surface area contributed by atoms with Crippen molar-refractivity contribution in [3.05, 3.63) is 65.5 Å². The molecular weight excluding hydrogens is 511 g/mol.